The minimum absolute atomic E-state index is 0.0760. The van der Waals surface area contributed by atoms with E-state index in [2.05, 4.69) is 15.3 Å². The van der Waals surface area contributed by atoms with E-state index in [1.807, 2.05) is 6.92 Å². The van der Waals surface area contributed by atoms with Crippen molar-refractivity contribution in [2.45, 2.75) is 18.5 Å². The summed E-state index contributed by atoms with van der Waals surface area (Å²) in [5.41, 5.74) is 0.825. The molecule has 110 valence electrons. The van der Waals surface area contributed by atoms with Gasteiger partial charge in [-0.3, -0.25) is 9.59 Å². The fourth-order valence-electron chi connectivity index (χ4n) is 1.63. The number of hydrogen-bond acceptors (Lipinski definition) is 4. The van der Waals surface area contributed by atoms with Crippen molar-refractivity contribution in [1.29, 1.82) is 0 Å². The maximum absolute atomic E-state index is 13.0. The van der Waals surface area contributed by atoms with Crippen LogP contribution in [0.2, 0.25) is 0 Å². The first-order valence-corrected chi connectivity index (χ1v) is 7.34. The van der Waals surface area contributed by atoms with Crippen molar-refractivity contribution in [3.63, 3.8) is 0 Å². The Bertz CT molecular complexity index is 703. The lowest BCUT2D eigenvalue weighted by atomic mass is 10.3. The molecule has 2 aromatic rings. The van der Waals surface area contributed by atoms with Gasteiger partial charge in [-0.1, -0.05) is 24.8 Å². The van der Waals surface area contributed by atoms with Crippen LogP contribution in [0.1, 0.15) is 12.6 Å². The van der Waals surface area contributed by atoms with Crippen LogP contribution in [0.5, 0.6) is 0 Å². The molecular weight excluding hydrogens is 293 g/mol. The average molecular weight is 307 g/mol. The maximum Gasteiger partial charge on any atom is 0.251 e. The molecule has 1 heterocycles. The van der Waals surface area contributed by atoms with Crippen molar-refractivity contribution in [3.8, 4) is 0 Å². The van der Waals surface area contributed by atoms with Gasteiger partial charge < -0.3 is 10.3 Å². The summed E-state index contributed by atoms with van der Waals surface area (Å²) in [5, 5.41) is 2.97. The topological polar surface area (TPSA) is 74.8 Å². The molecule has 0 bridgehead atoms. The number of anilines is 1. The monoisotopic (exact) mass is 307 g/mol. The molecule has 0 fully saturated rings. The smallest absolute Gasteiger partial charge is 0.251 e. The molecule has 21 heavy (non-hydrogen) atoms. The second-order valence-corrected chi connectivity index (χ2v) is 5.21. The van der Waals surface area contributed by atoms with Gasteiger partial charge in [0.2, 0.25) is 5.91 Å². The molecule has 1 aromatic carbocycles. The number of nitrogens with zero attached hydrogens (tertiary/aromatic N) is 1. The third-order valence-electron chi connectivity index (χ3n) is 2.58. The first-order chi connectivity index (χ1) is 10.1. The Kier molecular flexibility index (Phi) is 5.10. The minimum Gasteiger partial charge on any atom is -0.325 e. The van der Waals surface area contributed by atoms with Gasteiger partial charge in [-0.15, -0.1) is 0 Å². The highest BCUT2D eigenvalue weighted by Crippen LogP contribution is 2.13. The standard InChI is InChI=1S/C14H14FN3O2S/c1-2-10-7-12(19)18-14(17-10)21-8-13(20)16-11-5-3-4-9(15)6-11/h3-7H,2,8H2,1H3,(H,16,20)(H,17,18,19). The van der Waals surface area contributed by atoms with Gasteiger partial charge in [0.25, 0.3) is 5.56 Å². The lowest BCUT2D eigenvalue weighted by Crippen LogP contribution is -2.15. The van der Waals surface area contributed by atoms with E-state index in [-0.39, 0.29) is 17.2 Å². The number of aromatic amines is 1. The van der Waals surface area contributed by atoms with Gasteiger partial charge in [-0.2, -0.15) is 0 Å². The lowest BCUT2D eigenvalue weighted by Gasteiger charge is -2.05. The van der Waals surface area contributed by atoms with Crippen LogP contribution < -0.4 is 10.9 Å². The second kappa shape index (κ2) is 7.03. The summed E-state index contributed by atoms with van der Waals surface area (Å²) in [6.45, 7) is 1.90. The number of H-pyrrole nitrogens is 1. The SMILES string of the molecule is CCc1cc(=O)[nH]c(SCC(=O)Nc2cccc(F)c2)n1. The quantitative estimate of drug-likeness (QED) is 0.656. The molecule has 0 atom stereocenters. The van der Waals surface area contributed by atoms with E-state index in [9.17, 15) is 14.0 Å². The third-order valence-corrected chi connectivity index (χ3v) is 3.46. The molecule has 2 N–H and O–H groups in total. The predicted octanol–water partition coefficient (Wildman–Crippen LogP) is 2.20. The molecular formula is C14H14FN3O2S. The van der Waals surface area contributed by atoms with Gasteiger partial charge >= 0.3 is 0 Å². The summed E-state index contributed by atoms with van der Waals surface area (Å²) in [4.78, 5) is 29.9. The van der Waals surface area contributed by atoms with Crippen LogP contribution in [-0.4, -0.2) is 21.6 Å². The first-order valence-electron chi connectivity index (χ1n) is 6.35. The molecule has 1 amide bonds. The molecule has 0 aliphatic heterocycles. The summed E-state index contributed by atoms with van der Waals surface area (Å²) >= 11 is 1.12. The molecule has 0 radical (unpaired) electrons. The molecule has 0 saturated carbocycles. The van der Waals surface area contributed by atoms with Crippen molar-refractivity contribution < 1.29 is 9.18 Å². The molecule has 7 heteroatoms. The normalized spacial score (nSPS) is 10.4. The van der Waals surface area contributed by atoms with Crippen LogP contribution >= 0.6 is 11.8 Å². The van der Waals surface area contributed by atoms with Crippen molar-refractivity contribution in [1.82, 2.24) is 9.97 Å². The Morgan fingerprint density at radius 1 is 1.43 bits per heavy atom. The highest BCUT2D eigenvalue weighted by Gasteiger charge is 2.07. The molecule has 0 aliphatic rings. The number of nitrogens with one attached hydrogen (secondary N) is 2. The van der Waals surface area contributed by atoms with Gasteiger partial charge in [-0.25, -0.2) is 9.37 Å². The van der Waals surface area contributed by atoms with Crippen LogP contribution in [-0.2, 0) is 11.2 Å². The number of aryl methyl sites for hydroxylation is 1. The zero-order valence-corrected chi connectivity index (χ0v) is 12.2. The van der Waals surface area contributed by atoms with Gasteiger partial charge in [0, 0.05) is 17.4 Å². The summed E-state index contributed by atoms with van der Waals surface area (Å²) in [5.74, 6) is -0.635. The van der Waals surface area contributed by atoms with Crippen LogP contribution in [0.4, 0.5) is 10.1 Å². The first kappa shape index (κ1) is 15.2. The van der Waals surface area contributed by atoms with Crippen molar-refractivity contribution in [3.05, 3.63) is 52.2 Å². The van der Waals surface area contributed by atoms with Crippen LogP contribution in [0.15, 0.2) is 40.3 Å². The largest absolute Gasteiger partial charge is 0.325 e. The molecule has 5 nitrogen and oxygen atoms in total. The Morgan fingerprint density at radius 2 is 2.24 bits per heavy atom. The number of benzene rings is 1. The van der Waals surface area contributed by atoms with Gasteiger partial charge in [0.1, 0.15) is 5.82 Å². The highest BCUT2D eigenvalue weighted by atomic mass is 32.2. The second-order valence-electron chi connectivity index (χ2n) is 4.24. The lowest BCUT2D eigenvalue weighted by molar-refractivity contribution is -0.113. The fourth-order valence-corrected chi connectivity index (χ4v) is 2.32. The molecule has 1 aromatic heterocycles. The van der Waals surface area contributed by atoms with Crippen LogP contribution in [0.3, 0.4) is 0 Å². The third kappa shape index (κ3) is 4.71. The van der Waals surface area contributed by atoms with E-state index in [0.717, 1.165) is 11.8 Å². The minimum atomic E-state index is -0.415. The number of thioether (sulfide) groups is 1. The number of aromatic nitrogens is 2. The number of hydrogen-bond donors (Lipinski definition) is 2. The van der Waals surface area contributed by atoms with Crippen LogP contribution in [0, 0.1) is 5.82 Å². The Balaban J connectivity index is 1.95. The van der Waals surface area contributed by atoms with Gasteiger partial charge in [0.05, 0.1) is 5.75 Å². The van der Waals surface area contributed by atoms with Gasteiger partial charge in [-0.05, 0) is 24.6 Å². The van der Waals surface area contributed by atoms with Crippen LogP contribution in [0.25, 0.3) is 0 Å². The average Bonchev–Trinajstić information content (AvgIpc) is 2.44. The number of amides is 1. The molecule has 0 spiro atoms. The highest BCUT2D eigenvalue weighted by molar-refractivity contribution is 7.99. The zero-order valence-electron chi connectivity index (χ0n) is 11.4. The fraction of sp³-hybridized carbons (Fsp3) is 0.214. The van der Waals surface area contributed by atoms with E-state index >= 15 is 0 Å². The van der Waals surface area contributed by atoms with E-state index in [0.29, 0.717) is 23.0 Å². The van der Waals surface area contributed by atoms with E-state index in [1.54, 1.807) is 6.07 Å². The maximum atomic E-state index is 13.0. The van der Waals surface area contributed by atoms with Crippen molar-refractivity contribution >= 4 is 23.4 Å². The summed E-state index contributed by atoms with van der Waals surface area (Å²) in [6, 6.07) is 7.08. The van der Waals surface area contributed by atoms with Crippen molar-refractivity contribution in [2.24, 2.45) is 0 Å². The summed E-state index contributed by atoms with van der Waals surface area (Å²) < 4.78 is 13.0. The summed E-state index contributed by atoms with van der Waals surface area (Å²) in [6.07, 6.45) is 0.646. The number of rotatable bonds is 5. The van der Waals surface area contributed by atoms with Crippen molar-refractivity contribution in [2.75, 3.05) is 11.1 Å². The van der Waals surface area contributed by atoms with E-state index in [1.165, 1.54) is 24.3 Å². The number of carbonyl (C=O) groups is 1. The van der Waals surface area contributed by atoms with Gasteiger partial charge in [0.15, 0.2) is 5.16 Å². The Labute approximate surface area is 125 Å². The Morgan fingerprint density at radius 3 is 2.95 bits per heavy atom. The Hall–Kier alpha value is -2.15. The van der Waals surface area contributed by atoms with E-state index < -0.39 is 5.82 Å². The van der Waals surface area contributed by atoms with E-state index in [4.69, 9.17) is 0 Å². The zero-order chi connectivity index (χ0) is 15.2. The molecule has 2 rings (SSSR count). The number of halogens is 1. The number of carbonyl (C=O) groups excluding carboxylic acids is 1. The molecule has 0 unspecified atom stereocenters. The summed E-state index contributed by atoms with van der Waals surface area (Å²) in [7, 11) is 0. The molecule has 0 aliphatic carbocycles. The molecule has 0 saturated heterocycles. The predicted molar refractivity (Wildman–Crippen MR) is 80.0 cm³/mol.